The fourth-order valence-corrected chi connectivity index (χ4v) is 1.81. The van der Waals surface area contributed by atoms with Gasteiger partial charge in [0.1, 0.15) is 11.8 Å². The zero-order chi connectivity index (χ0) is 16.2. The number of hydrogen-bond donors (Lipinski definition) is 2. The van der Waals surface area contributed by atoms with Crippen LogP contribution in [0.25, 0.3) is 0 Å². The van der Waals surface area contributed by atoms with Crippen molar-refractivity contribution >= 4 is 11.8 Å². The summed E-state index contributed by atoms with van der Waals surface area (Å²) in [6.07, 6.45) is 2.85. The van der Waals surface area contributed by atoms with Gasteiger partial charge in [-0.05, 0) is 31.8 Å². The van der Waals surface area contributed by atoms with Gasteiger partial charge >= 0.3 is 0 Å². The highest BCUT2D eigenvalue weighted by Crippen LogP contribution is 2.26. The minimum absolute atomic E-state index is 0.0335. The molecule has 118 valence electrons. The molecule has 0 spiro atoms. The standard InChI is InChI=1S/C16H26N2O3/c1-10(16(3,4)5)9-13(11(2)21-6)17-12-7-8-14(19)18-15(12)20/h9,12,17H,7-8H2,1-6H3,(H,18,19,20)/b10-9+,13-11-. The Morgan fingerprint density at radius 2 is 1.95 bits per heavy atom. The number of hydrogen-bond acceptors (Lipinski definition) is 4. The fourth-order valence-electron chi connectivity index (χ4n) is 1.81. The van der Waals surface area contributed by atoms with Gasteiger partial charge < -0.3 is 10.1 Å². The number of allylic oxidation sites excluding steroid dienone is 3. The van der Waals surface area contributed by atoms with E-state index in [1.807, 2.05) is 13.0 Å². The Kier molecular flexibility index (Phi) is 5.58. The molecule has 1 rings (SSSR count). The molecule has 1 fully saturated rings. The summed E-state index contributed by atoms with van der Waals surface area (Å²) in [5.41, 5.74) is 1.99. The van der Waals surface area contributed by atoms with E-state index in [1.54, 1.807) is 7.11 Å². The van der Waals surface area contributed by atoms with Crippen LogP contribution in [0.1, 0.15) is 47.5 Å². The summed E-state index contributed by atoms with van der Waals surface area (Å²) in [5.74, 6) is 0.214. The molecule has 1 aliphatic rings. The number of amides is 2. The number of nitrogens with one attached hydrogen (secondary N) is 2. The third-order valence-electron chi connectivity index (χ3n) is 3.80. The van der Waals surface area contributed by atoms with Crippen molar-refractivity contribution in [2.24, 2.45) is 5.41 Å². The summed E-state index contributed by atoms with van der Waals surface area (Å²) in [5, 5.41) is 5.54. The molecule has 5 nitrogen and oxygen atoms in total. The van der Waals surface area contributed by atoms with Gasteiger partial charge in [-0.25, -0.2) is 0 Å². The number of carbonyl (C=O) groups is 2. The second kappa shape index (κ2) is 6.78. The quantitative estimate of drug-likeness (QED) is 0.474. The Morgan fingerprint density at radius 1 is 1.33 bits per heavy atom. The van der Waals surface area contributed by atoms with E-state index < -0.39 is 6.04 Å². The highest BCUT2D eigenvalue weighted by molar-refractivity contribution is 6.00. The van der Waals surface area contributed by atoms with Crippen molar-refractivity contribution in [1.29, 1.82) is 0 Å². The molecule has 1 unspecified atom stereocenters. The Morgan fingerprint density at radius 3 is 2.43 bits per heavy atom. The lowest BCUT2D eigenvalue weighted by atomic mass is 9.87. The van der Waals surface area contributed by atoms with Crippen molar-refractivity contribution in [3.63, 3.8) is 0 Å². The summed E-state index contributed by atoms with van der Waals surface area (Å²) in [6.45, 7) is 10.3. The number of rotatable bonds is 4. The molecule has 1 aliphatic heterocycles. The van der Waals surface area contributed by atoms with Crippen molar-refractivity contribution < 1.29 is 14.3 Å². The van der Waals surface area contributed by atoms with E-state index in [-0.39, 0.29) is 17.2 Å². The number of ether oxygens (including phenoxy) is 1. The van der Waals surface area contributed by atoms with E-state index in [4.69, 9.17) is 4.74 Å². The van der Waals surface area contributed by atoms with Crippen molar-refractivity contribution in [2.45, 2.75) is 53.5 Å². The third-order valence-corrected chi connectivity index (χ3v) is 3.80. The van der Waals surface area contributed by atoms with Crippen LogP contribution in [0.3, 0.4) is 0 Å². The van der Waals surface area contributed by atoms with Crippen molar-refractivity contribution in [3.05, 3.63) is 23.1 Å². The van der Waals surface area contributed by atoms with Gasteiger partial charge in [0.05, 0.1) is 12.8 Å². The maximum Gasteiger partial charge on any atom is 0.249 e. The minimum Gasteiger partial charge on any atom is -0.499 e. The van der Waals surface area contributed by atoms with Crippen LogP contribution in [-0.4, -0.2) is 25.0 Å². The summed E-state index contributed by atoms with van der Waals surface area (Å²) < 4.78 is 5.30. The Bertz CT molecular complexity index is 484. The SMILES string of the molecule is CO/C(C)=C(/C=C(\C)C(C)(C)C)NC1CCC(=O)NC1=O. The Balaban J connectivity index is 2.97. The Hall–Kier alpha value is -1.78. The summed E-state index contributed by atoms with van der Waals surface area (Å²) in [7, 11) is 1.60. The molecular weight excluding hydrogens is 268 g/mol. The minimum atomic E-state index is -0.410. The smallest absolute Gasteiger partial charge is 0.249 e. The van der Waals surface area contributed by atoms with Gasteiger partial charge in [0, 0.05) is 6.42 Å². The lowest BCUT2D eigenvalue weighted by Gasteiger charge is -2.26. The highest BCUT2D eigenvalue weighted by atomic mass is 16.5. The third kappa shape index (κ3) is 4.92. The molecular formula is C16H26N2O3. The van der Waals surface area contributed by atoms with Crippen LogP contribution in [0.5, 0.6) is 0 Å². The normalized spacial score (nSPS) is 21.6. The monoisotopic (exact) mass is 294 g/mol. The lowest BCUT2D eigenvalue weighted by molar-refractivity contribution is -0.134. The second-order valence-corrected chi connectivity index (χ2v) is 6.40. The predicted octanol–water partition coefficient (Wildman–Crippen LogP) is 2.25. The van der Waals surface area contributed by atoms with Crippen molar-refractivity contribution in [2.75, 3.05) is 7.11 Å². The molecule has 2 N–H and O–H groups in total. The molecule has 0 aromatic heterocycles. The molecule has 0 aromatic rings. The van der Waals surface area contributed by atoms with Gasteiger partial charge in [-0.1, -0.05) is 26.3 Å². The van der Waals surface area contributed by atoms with Crippen LogP contribution in [-0.2, 0) is 14.3 Å². The number of piperidine rings is 1. The number of methoxy groups -OCH3 is 1. The topological polar surface area (TPSA) is 67.4 Å². The summed E-state index contributed by atoms with van der Waals surface area (Å²) in [6, 6.07) is -0.410. The first-order valence-electron chi connectivity index (χ1n) is 7.19. The lowest BCUT2D eigenvalue weighted by Crippen LogP contribution is -2.50. The van der Waals surface area contributed by atoms with E-state index >= 15 is 0 Å². The highest BCUT2D eigenvalue weighted by Gasteiger charge is 2.27. The zero-order valence-corrected chi connectivity index (χ0v) is 13.8. The van der Waals surface area contributed by atoms with Crippen molar-refractivity contribution in [3.8, 4) is 0 Å². The van der Waals surface area contributed by atoms with Crippen LogP contribution in [0.4, 0.5) is 0 Å². The van der Waals surface area contributed by atoms with Crippen LogP contribution < -0.4 is 10.6 Å². The molecule has 5 heteroatoms. The average molecular weight is 294 g/mol. The molecule has 0 aromatic carbocycles. The summed E-state index contributed by atoms with van der Waals surface area (Å²) >= 11 is 0. The van der Waals surface area contributed by atoms with E-state index in [1.165, 1.54) is 5.57 Å². The van der Waals surface area contributed by atoms with E-state index in [2.05, 4.69) is 38.3 Å². The van der Waals surface area contributed by atoms with Crippen LogP contribution in [0.15, 0.2) is 23.1 Å². The van der Waals surface area contributed by atoms with Crippen LogP contribution in [0.2, 0.25) is 0 Å². The average Bonchev–Trinajstić information content (AvgIpc) is 2.38. The maximum absolute atomic E-state index is 11.9. The van der Waals surface area contributed by atoms with Gasteiger partial charge in [0.25, 0.3) is 0 Å². The molecule has 1 heterocycles. The second-order valence-electron chi connectivity index (χ2n) is 6.40. The molecule has 1 atom stereocenters. The van der Waals surface area contributed by atoms with Crippen LogP contribution in [0, 0.1) is 5.41 Å². The fraction of sp³-hybridized carbons (Fsp3) is 0.625. The maximum atomic E-state index is 11.9. The van der Waals surface area contributed by atoms with Crippen LogP contribution >= 0.6 is 0 Å². The van der Waals surface area contributed by atoms with Gasteiger partial charge in [-0.3, -0.25) is 14.9 Å². The molecule has 2 amide bonds. The number of carbonyl (C=O) groups excluding carboxylic acids is 2. The molecule has 0 bridgehead atoms. The number of imide groups is 1. The van der Waals surface area contributed by atoms with Crippen molar-refractivity contribution in [1.82, 2.24) is 10.6 Å². The van der Waals surface area contributed by atoms with Gasteiger partial charge in [0.2, 0.25) is 11.8 Å². The zero-order valence-electron chi connectivity index (χ0n) is 13.8. The van der Waals surface area contributed by atoms with Gasteiger partial charge in [-0.15, -0.1) is 0 Å². The van der Waals surface area contributed by atoms with E-state index in [9.17, 15) is 9.59 Å². The first kappa shape index (κ1) is 17.3. The largest absolute Gasteiger partial charge is 0.499 e. The summed E-state index contributed by atoms with van der Waals surface area (Å²) in [4.78, 5) is 23.1. The van der Waals surface area contributed by atoms with E-state index in [0.717, 1.165) is 5.70 Å². The first-order valence-corrected chi connectivity index (χ1v) is 7.19. The Labute approximate surface area is 126 Å². The van der Waals surface area contributed by atoms with Gasteiger partial charge in [-0.2, -0.15) is 0 Å². The first-order chi connectivity index (χ1) is 9.65. The van der Waals surface area contributed by atoms with E-state index in [0.29, 0.717) is 18.6 Å². The molecule has 0 aliphatic carbocycles. The molecule has 0 radical (unpaired) electrons. The predicted molar refractivity (Wildman–Crippen MR) is 82.2 cm³/mol. The molecule has 1 saturated heterocycles. The van der Waals surface area contributed by atoms with Gasteiger partial charge in [0.15, 0.2) is 0 Å². The molecule has 21 heavy (non-hydrogen) atoms. The molecule has 0 saturated carbocycles.